The van der Waals surface area contributed by atoms with E-state index in [1.807, 2.05) is 0 Å². The Morgan fingerprint density at radius 1 is 1.44 bits per heavy atom. The highest BCUT2D eigenvalue weighted by molar-refractivity contribution is 5.88. The second-order valence-corrected chi connectivity index (χ2v) is 3.59. The molecule has 16 heavy (non-hydrogen) atoms. The van der Waals surface area contributed by atoms with Gasteiger partial charge in [-0.05, 0) is 17.7 Å². The van der Waals surface area contributed by atoms with Gasteiger partial charge in [0.25, 0.3) is 0 Å². The highest BCUT2D eigenvalue weighted by atomic mass is 16.3. The number of aliphatic hydroxyl groups excluding tert-OH is 2. The van der Waals surface area contributed by atoms with Gasteiger partial charge in [-0.15, -0.1) is 0 Å². The van der Waals surface area contributed by atoms with Crippen LogP contribution in [0.2, 0.25) is 0 Å². The topological polar surface area (TPSA) is 95.6 Å². The zero-order chi connectivity index (χ0) is 12.1. The predicted molar refractivity (Wildman–Crippen MR) is 60.8 cm³/mol. The quantitative estimate of drug-likeness (QED) is 0.579. The summed E-state index contributed by atoms with van der Waals surface area (Å²) in [6.07, 6.45) is -0.906. The van der Waals surface area contributed by atoms with Crippen molar-refractivity contribution in [1.82, 2.24) is 0 Å². The average Bonchev–Trinajstić information content (AvgIpc) is 2.27. The van der Waals surface area contributed by atoms with Crippen LogP contribution in [0.1, 0.15) is 18.6 Å². The molecule has 0 aliphatic carbocycles. The number of carbonyl (C=O) groups excluding carboxylic acids is 1. The third kappa shape index (κ3) is 3.30. The first-order valence-corrected chi connectivity index (χ1v) is 4.96. The van der Waals surface area contributed by atoms with Gasteiger partial charge in [0, 0.05) is 12.6 Å². The summed E-state index contributed by atoms with van der Waals surface area (Å²) < 4.78 is 0. The summed E-state index contributed by atoms with van der Waals surface area (Å²) in [5.41, 5.74) is 6.76. The van der Waals surface area contributed by atoms with E-state index in [4.69, 9.17) is 10.8 Å². The van der Waals surface area contributed by atoms with E-state index in [1.165, 1.54) is 6.92 Å². The molecular formula is C11H16N2O3. The first kappa shape index (κ1) is 12.6. The number of nitrogens with two attached hydrogens (primary N) is 1. The molecule has 5 nitrogen and oxygen atoms in total. The van der Waals surface area contributed by atoms with Crippen molar-refractivity contribution in [3.05, 3.63) is 29.8 Å². The summed E-state index contributed by atoms with van der Waals surface area (Å²) in [6.45, 7) is 1.14. The molecule has 1 aromatic rings. The van der Waals surface area contributed by atoms with Crippen molar-refractivity contribution in [2.24, 2.45) is 5.73 Å². The van der Waals surface area contributed by atoms with Crippen molar-refractivity contribution in [3.63, 3.8) is 0 Å². The van der Waals surface area contributed by atoms with Crippen molar-refractivity contribution in [3.8, 4) is 0 Å². The Balaban J connectivity index is 2.74. The lowest BCUT2D eigenvalue weighted by Crippen LogP contribution is -2.31. The van der Waals surface area contributed by atoms with Crippen LogP contribution >= 0.6 is 0 Å². The minimum Gasteiger partial charge on any atom is -0.395 e. The van der Waals surface area contributed by atoms with E-state index in [2.05, 4.69) is 5.32 Å². The molecule has 0 fully saturated rings. The lowest BCUT2D eigenvalue weighted by Gasteiger charge is -2.17. The van der Waals surface area contributed by atoms with Crippen LogP contribution in [-0.2, 0) is 4.79 Å². The molecule has 0 saturated carbocycles. The van der Waals surface area contributed by atoms with Crippen LogP contribution in [0.25, 0.3) is 0 Å². The number of nitrogens with one attached hydrogen (secondary N) is 1. The molecule has 0 aliphatic rings. The molecule has 0 spiro atoms. The Labute approximate surface area is 93.9 Å². The molecule has 1 rings (SSSR count). The normalized spacial score (nSPS) is 14.2. The fourth-order valence-corrected chi connectivity index (χ4v) is 1.31. The Morgan fingerprint density at radius 2 is 2.00 bits per heavy atom. The summed E-state index contributed by atoms with van der Waals surface area (Å²) in [4.78, 5) is 10.8. The van der Waals surface area contributed by atoms with Crippen LogP contribution in [0, 0.1) is 0 Å². The van der Waals surface area contributed by atoms with Gasteiger partial charge in [-0.1, -0.05) is 12.1 Å². The number of anilines is 1. The first-order chi connectivity index (χ1) is 7.54. The lowest BCUT2D eigenvalue weighted by molar-refractivity contribution is -0.114. The average molecular weight is 224 g/mol. The number of hydrogen-bond donors (Lipinski definition) is 4. The monoisotopic (exact) mass is 224 g/mol. The van der Waals surface area contributed by atoms with Gasteiger partial charge in [0.1, 0.15) is 0 Å². The van der Waals surface area contributed by atoms with Gasteiger partial charge in [0.15, 0.2) is 0 Å². The molecule has 5 N–H and O–H groups in total. The number of carbonyl (C=O) groups is 1. The van der Waals surface area contributed by atoms with Gasteiger partial charge in [-0.3, -0.25) is 4.79 Å². The molecule has 2 atom stereocenters. The van der Waals surface area contributed by atoms with Gasteiger partial charge < -0.3 is 21.3 Å². The molecule has 2 unspecified atom stereocenters. The van der Waals surface area contributed by atoms with Crippen LogP contribution in [0.3, 0.4) is 0 Å². The minimum absolute atomic E-state index is 0.152. The number of benzene rings is 1. The summed E-state index contributed by atoms with van der Waals surface area (Å²) >= 11 is 0. The fraction of sp³-hybridized carbons (Fsp3) is 0.364. The Bertz CT molecular complexity index is 351. The van der Waals surface area contributed by atoms with Gasteiger partial charge in [-0.25, -0.2) is 0 Å². The van der Waals surface area contributed by atoms with E-state index in [-0.39, 0.29) is 12.5 Å². The molecule has 0 bridgehead atoms. The van der Waals surface area contributed by atoms with Crippen molar-refractivity contribution >= 4 is 11.6 Å². The number of amides is 1. The maximum atomic E-state index is 10.8. The Kier molecular flexibility index (Phi) is 4.42. The molecule has 1 amide bonds. The third-order valence-corrected chi connectivity index (χ3v) is 2.19. The Hall–Kier alpha value is -1.43. The summed E-state index contributed by atoms with van der Waals surface area (Å²) in [6, 6.07) is 5.96. The van der Waals surface area contributed by atoms with Crippen molar-refractivity contribution in [2.45, 2.75) is 19.1 Å². The molecular weight excluding hydrogens is 208 g/mol. The molecule has 0 radical (unpaired) electrons. The maximum absolute atomic E-state index is 10.8. The largest absolute Gasteiger partial charge is 0.395 e. The van der Waals surface area contributed by atoms with Crippen LogP contribution in [0.4, 0.5) is 5.69 Å². The zero-order valence-electron chi connectivity index (χ0n) is 9.05. The number of hydrogen-bond acceptors (Lipinski definition) is 4. The molecule has 0 saturated heterocycles. The molecule has 0 aromatic heterocycles. The van der Waals surface area contributed by atoms with E-state index in [0.29, 0.717) is 11.3 Å². The summed E-state index contributed by atoms with van der Waals surface area (Å²) in [5, 5.41) is 21.1. The second-order valence-electron chi connectivity index (χ2n) is 3.59. The van der Waals surface area contributed by atoms with Crippen molar-refractivity contribution in [2.75, 3.05) is 11.9 Å². The molecule has 88 valence electrons. The van der Waals surface area contributed by atoms with E-state index in [1.54, 1.807) is 24.3 Å². The minimum atomic E-state index is -0.906. The lowest BCUT2D eigenvalue weighted by atomic mass is 10.0. The SMILES string of the molecule is CC(=O)Nc1ccc(C(O)C(N)CO)cc1. The van der Waals surface area contributed by atoms with Crippen LogP contribution in [-0.4, -0.2) is 28.8 Å². The van der Waals surface area contributed by atoms with Gasteiger partial charge in [0.2, 0.25) is 5.91 Å². The predicted octanol–water partition coefficient (Wildman–Crippen LogP) is -0.00200. The number of rotatable bonds is 4. The second kappa shape index (κ2) is 5.60. The number of aliphatic hydroxyl groups is 2. The highest BCUT2D eigenvalue weighted by Gasteiger charge is 2.15. The standard InChI is InChI=1S/C11H16N2O3/c1-7(15)13-9-4-2-8(3-5-9)11(16)10(12)6-14/h2-5,10-11,14,16H,6,12H2,1H3,(H,13,15). The molecule has 5 heteroatoms. The fourth-order valence-electron chi connectivity index (χ4n) is 1.31. The highest BCUT2D eigenvalue weighted by Crippen LogP contribution is 2.18. The third-order valence-electron chi connectivity index (χ3n) is 2.19. The van der Waals surface area contributed by atoms with Crippen LogP contribution < -0.4 is 11.1 Å². The van der Waals surface area contributed by atoms with Crippen molar-refractivity contribution in [1.29, 1.82) is 0 Å². The summed E-state index contributed by atoms with van der Waals surface area (Å²) in [5.74, 6) is -0.152. The van der Waals surface area contributed by atoms with E-state index >= 15 is 0 Å². The van der Waals surface area contributed by atoms with E-state index in [9.17, 15) is 9.90 Å². The molecule has 1 aromatic carbocycles. The molecule has 0 heterocycles. The van der Waals surface area contributed by atoms with E-state index in [0.717, 1.165) is 0 Å². The van der Waals surface area contributed by atoms with Gasteiger partial charge in [-0.2, -0.15) is 0 Å². The Morgan fingerprint density at radius 3 is 2.44 bits per heavy atom. The van der Waals surface area contributed by atoms with E-state index < -0.39 is 12.1 Å². The molecule has 0 aliphatic heterocycles. The van der Waals surface area contributed by atoms with Gasteiger partial charge in [0.05, 0.1) is 18.8 Å². The van der Waals surface area contributed by atoms with Crippen molar-refractivity contribution < 1.29 is 15.0 Å². The zero-order valence-corrected chi connectivity index (χ0v) is 9.05. The smallest absolute Gasteiger partial charge is 0.221 e. The first-order valence-electron chi connectivity index (χ1n) is 4.96. The van der Waals surface area contributed by atoms with Crippen LogP contribution in [0.15, 0.2) is 24.3 Å². The van der Waals surface area contributed by atoms with Gasteiger partial charge >= 0.3 is 0 Å². The maximum Gasteiger partial charge on any atom is 0.221 e. The van der Waals surface area contributed by atoms with Crippen LogP contribution in [0.5, 0.6) is 0 Å². The summed E-state index contributed by atoms with van der Waals surface area (Å²) in [7, 11) is 0.